The van der Waals surface area contributed by atoms with E-state index in [-0.39, 0.29) is 24.0 Å². The van der Waals surface area contributed by atoms with Gasteiger partial charge in [-0.1, -0.05) is 74.1 Å². The van der Waals surface area contributed by atoms with Gasteiger partial charge in [0.15, 0.2) is 11.9 Å². The van der Waals surface area contributed by atoms with E-state index in [1.165, 1.54) is 0 Å². The fourth-order valence-corrected chi connectivity index (χ4v) is 3.28. The number of hydrogen-bond donors (Lipinski definition) is 1. The molecule has 0 aromatic carbocycles. The number of allylic oxidation sites excluding steroid dienone is 10. The number of aliphatic carboxylic acids is 1. The molecule has 30 heavy (non-hydrogen) atoms. The highest BCUT2D eigenvalue weighted by Gasteiger charge is 2.39. The second kappa shape index (κ2) is 11.3. The Morgan fingerprint density at radius 2 is 1.80 bits per heavy atom. The van der Waals surface area contributed by atoms with E-state index in [1.807, 2.05) is 64.2 Å². The SMILES string of the molecule is C=C/C=C(C)/C=C/C=C(C)/C=C/C1=C(C)C(=O)C(OC(=O)CCC(=O)O)CC1(C)C. The number of carbonyl (C=O) groups is 3. The van der Waals surface area contributed by atoms with E-state index in [4.69, 9.17) is 9.84 Å². The Balaban J connectivity index is 2.96. The Bertz CT molecular complexity index is 847. The van der Waals surface area contributed by atoms with Crippen molar-refractivity contribution in [2.75, 3.05) is 0 Å². The van der Waals surface area contributed by atoms with Crippen molar-refractivity contribution < 1.29 is 24.2 Å². The molecule has 5 nitrogen and oxygen atoms in total. The lowest BCUT2D eigenvalue weighted by Crippen LogP contribution is -2.39. The fraction of sp³-hybridized carbons (Fsp3) is 0.400. The van der Waals surface area contributed by atoms with Crippen LogP contribution >= 0.6 is 0 Å². The van der Waals surface area contributed by atoms with Gasteiger partial charge in [0.05, 0.1) is 12.8 Å². The maximum Gasteiger partial charge on any atom is 0.307 e. The Kier molecular flexibility index (Phi) is 9.44. The van der Waals surface area contributed by atoms with Gasteiger partial charge in [0.2, 0.25) is 0 Å². The zero-order valence-electron chi connectivity index (χ0n) is 18.5. The second-order valence-corrected chi connectivity index (χ2v) is 8.11. The van der Waals surface area contributed by atoms with Crippen LogP contribution < -0.4 is 0 Å². The van der Waals surface area contributed by atoms with Crippen molar-refractivity contribution in [3.63, 3.8) is 0 Å². The largest absolute Gasteiger partial charge is 0.481 e. The van der Waals surface area contributed by atoms with E-state index < -0.39 is 18.0 Å². The first-order valence-electron chi connectivity index (χ1n) is 9.97. The molecular formula is C25H32O5. The van der Waals surface area contributed by atoms with Crippen LogP contribution in [0.15, 0.2) is 71.4 Å². The molecule has 1 unspecified atom stereocenters. The summed E-state index contributed by atoms with van der Waals surface area (Å²) in [4.78, 5) is 35.2. The molecule has 0 spiro atoms. The third-order valence-corrected chi connectivity index (χ3v) is 4.92. The quantitative estimate of drug-likeness (QED) is 0.412. The number of carboxylic acids is 1. The summed E-state index contributed by atoms with van der Waals surface area (Å²) in [5.74, 6) is -1.97. The van der Waals surface area contributed by atoms with Crippen molar-refractivity contribution in [3.05, 3.63) is 71.4 Å². The fourth-order valence-electron chi connectivity index (χ4n) is 3.28. The first-order valence-corrected chi connectivity index (χ1v) is 9.97. The van der Waals surface area contributed by atoms with Crippen LogP contribution in [0.4, 0.5) is 0 Å². The number of hydrogen-bond acceptors (Lipinski definition) is 4. The van der Waals surface area contributed by atoms with Crippen LogP contribution in [0.2, 0.25) is 0 Å². The minimum Gasteiger partial charge on any atom is -0.481 e. The van der Waals surface area contributed by atoms with Crippen molar-refractivity contribution in [1.29, 1.82) is 0 Å². The molecule has 1 atom stereocenters. The summed E-state index contributed by atoms with van der Waals surface area (Å²) in [5.41, 5.74) is 3.23. The predicted molar refractivity (Wildman–Crippen MR) is 119 cm³/mol. The topological polar surface area (TPSA) is 80.7 Å². The molecule has 0 aromatic heterocycles. The number of ether oxygens (including phenoxy) is 1. The smallest absolute Gasteiger partial charge is 0.307 e. The summed E-state index contributed by atoms with van der Waals surface area (Å²) in [6.45, 7) is 13.4. The monoisotopic (exact) mass is 412 g/mol. The average molecular weight is 413 g/mol. The lowest BCUT2D eigenvalue weighted by molar-refractivity contribution is -0.157. The maximum absolute atomic E-state index is 12.7. The molecule has 1 N–H and O–H groups in total. The Morgan fingerprint density at radius 1 is 1.17 bits per heavy atom. The van der Waals surface area contributed by atoms with E-state index in [0.717, 1.165) is 16.7 Å². The molecule has 0 fully saturated rings. The van der Waals surface area contributed by atoms with Crippen LogP contribution in [0.3, 0.4) is 0 Å². The minimum absolute atomic E-state index is 0.232. The number of esters is 1. The van der Waals surface area contributed by atoms with E-state index in [2.05, 4.69) is 6.58 Å². The van der Waals surface area contributed by atoms with Gasteiger partial charge in [0.1, 0.15) is 0 Å². The van der Waals surface area contributed by atoms with Crippen LogP contribution in [0.1, 0.15) is 53.9 Å². The second-order valence-electron chi connectivity index (χ2n) is 8.11. The number of carbonyl (C=O) groups excluding carboxylic acids is 2. The summed E-state index contributed by atoms with van der Waals surface area (Å²) < 4.78 is 5.29. The number of ketones is 1. The van der Waals surface area contributed by atoms with Crippen LogP contribution in [0, 0.1) is 5.41 Å². The molecule has 0 amide bonds. The number of carboxylic acid groups (broad SMARTS) is 1. The third-order valence-electron chi connectivity index (χ3n) is 4.92. The summed E-state index contributed by atoms with van der Waals surface area (Å²) in [5, 5.41) is 8.68. The standard InChI is InChI=1S/C25H32O5/c1-7-9-17(2)10-8-11-18(3)12-13-20-19(4)24(29)21(16-25(20,5)6)30-23(28)15-14-22(26)27/h7-13,21H,1,14-16H2,2-6H3,(H,26,27)/b10-8+,13-12+,17-9+,18-11+. The van der Waals surface area contributed by atoms with Gasteiger partial charge < -0.3 is 9.84 Å². The Labute approximate surface area is 179 Å². The van der Waals surface area contributed by atoms with Gasteiger partial charge in [-0.25, -0.2) is 0 Å². The third kappa shape index (κ3) is 7.82. The molecule has 0 bridgehead atoms. The molecule has 0 aromatic rings. The van der Waals surface area contributed by atoms with Crippen LogP contribution in [0.25, 0.3) is 0 Å². The van der Waals surface area contributed by atoms with Gasteiger partial charge in [-0.3, -0.25) is 14.4 Å². The summed E-state index contributed by atoms with van der Waals surface area (Å²) in [7, 11) is 0. The lowest BCUT2D eigenvalue weighted by Gasteiger charge is -2.36. The molecule has 1 rings (SSSR count). The maximum atomic E-state index is 12.7. The van der Waals surface area contributed by atoms with Crippen LogP contribution in [-0.4, -0.2) is 28.9 Å². The number of Topliss-reactive ketones (excluding diaryl/α,β-unsaturated/α-hetero) is 1. The first kappa shape index (κ1) is 25.1. The summed E-state index contributed by atoms with van der Waals surface area (Å²) >= 11 is 0. The van der Waals surface area contributed by atoms with Crippen molar-refractivity contribution >= 4 is 17.7 Å². The molecular weight excluding hydrogens is 380 g/mol. The van der Waals surface area contributed by atoms with Gasteiger partial charge in [0, 0.05) is 6.42 Å². The molecule has 1 aliphatic rings. The van der Waals surface area contributed by atoms with Crippen LogP contribution in [-0.2, 0) is 19.1 Å². The highest BCUT2D eigenvalue weighted by atomic mass is 16.5. The molecule has 0 saturated carbocycles. The number of rotatable bonds is 9. The Hall–Kier alpha value is -2.95. The molecule has 0 heterocycles. The first-order chi connectivity index (χ1) is 14.0. The summed E-state index contributed by atoms with van der Waals surface area (Å²) in [6.07, 6.45) is 12.4. The van der Waals surface area contributed by atoms with Crippen LogP contribution in [0.5, 0.6) is 0 Å². The lowest BCUT2D eigenvalue weighted by atomic mass is 9.71. The van der Waals surface area contributed by atoms with E-state index in [9.17, 15) is 14.4 Å². The van der Waals surface area contributed by atoms with Gasteiger partial charge in [-0.2, -0.15) is 0 Å². The molecule has 0 radical (unpaired) electrons. The van der Waals surface area contributed by atoms with Crippen molar-refractivity contribution in [2.45, 2.75) is 60.0 Å². The molecule has 1 aliphatic carbocycles. The van der Waals surface area contributed by atoms with Gasteiger partial charge in [-0.15, -0.1) is 0 Å². The van der Waals surface area contributed by atoms with E-state index >= 15 is 0 Å². The zero-order chi connectivity index (χ0) is 22.9. The minimum atomic E-state index is -1.07. The molecule has 0 saturated heterocycles. The highest BCUT2D eigenvalue weighted by molar-refractivity contribution is 6.01. The Morgan fingerprint density at radius 3 is 2.40 bits per heavy atom. The molecule has 0 aliphatic heterocycles. The van der Waals surface area contributed by atoms with E-state index in [1.54, 1.807) is 13.0 Å². The van der Waals surface area contributed by atoms with Crippen molar-refractivity contribution in [3.8, 4) is 0 Å². The van der Waals surface area contributed by atoms with Crippen molar-refractivity contribution in [2.24, 2.45) is 5.41 Å². The molecule has 5 heteroatoms. The molecule has 162 valence electrons. The van der Waals surface area contributed by atoms with Crippen molar-refractivity contribution in [1.82, 2.24) is 0 Å². The van der Waals surface area contributed by atoms with Gasteiger partial charge >= 0.3 is 11.9 Å². The predicted octanol–water partition coefficient (Wildman–Crippen LogP) is 5.27. The summed E-state index contributed by atoms with van der Waals surface area (Å²) in [6, 6.07) is 0. The zero-order valence-corrected chi connectivity index (χ0v) is 18.5. The normalized spacial score (nSPS) is 20.2. The van der Waals surface area contributed by atoms with Gasteiger partial charge in [-0.05, 0) is 37.3 Å². The van der Waals surface area contributed by atoms with Gasteiger partial charge in [0.25, 0.3) is 0 Å². The van der Waals surface area contributed by atoms with E-state index in [0.29, 0.717) is 12.0 Å². The highest BCUT2D eigenvalue weighted by Crippen LogP contribution is 2.40. The average Bonchev–Trinajstić information content (AvgIpc) is 2.64.